The maximum Gasteiger partial charge on any atom is 0.341 e. The first-order valence-electron chi connectivity index (χ1n) is 7.77. The molecule has 0 unspecified atom stereocenters. The quantitative estimate of drug-likeness (QED) is 0.812. The van der Waals surface area contributed by atoms with Crippen LogP contribution in [0.25, 0.3) is 0 Å². The fraction of sp³-hybridized carbons (Fsp3) is 0.263. The summed E-state index contributed by atoms with van der Waals surface area (Å²) in [6.45, 7) is 0. The minimum atomic E-state index is -0.787. The highest BCUT2D eigenvalue weighted by Gasteiger charge is 2.65. The molecule has 24 heavy (non-hydrogen) atoms. The van der Waals surface area contributed by atoms with E-state index >= 15 is 0 Å². The summed E-state index contributed by atoms with van der Waals surface area (Å²) >= 11 is 0. The van der Waals surface area contributed by atoms with E-state index in [1.165, 1.54) is 0 Å². The van der Waals surface area contributed by atoms with Crippen LogP contribution in [0.5, 0.6) is 11.5 Å². The van der Waals surface area contributed by atoms with Crippen LogP contribution in [0, 0.1) is 0 Å². The lowest BCUT2D eigenvalue weighted by molar-refractivity contribution is -0.136. The molecule has 0 aromatic heterocycles. The van der Waals surface area contributed by atoms with Crippen LogP contribution in [0.4, 0.5) is 0 Å². The van der Waals surface area contributed by atoms with Crippen LogP contribution < -0.4 is 9.47 Å². The van der Waals surface area contributed by atoms with E-state index in [9.17, 15) is 4.79 Å². The van der Waals surface area contributed by atoms with Crippen LogP contribution >= 0.6 is 0 Å². The van der Waals surface area contributed by atoms with Gasteiger partial charge in [0, 0.05) is 11.5 Å². The van der Waals surface area contributed by atoms with Crippen LogP contribution in [-0.4, -0.2) is 31.6 Å². The van der Waals surface area contributed by atoms with E-state index in [0.29, 0.717) is 23.8 Å². The van der Waals surface area contributed by atoms with Crippen molar-refractivity contribution in [2.24, 2.45) is 4.99 Å². The fourth-order valence-electron chi connectivity index (χ4n) is 3.19. The van der Waals surface area contributed by atoms with E-state index in [0.717, 1.165) is 11.1 Å². The average molecular weight is 323 g/mol. The maximum atomic E-state index is 12.4. The molecule has 0 saturated heterocycles. The third kappa shape index (κ3) is 2.16. The van der Waals surface area contributed by atoms with Gasteiger partial charge in [-0.05, 0) is 36.2 Å². The lowest BCUT2D eigenvalue weighted by Crippen LogP contribution is -2.18. The Morgan fingerprint density at radius 2 is 1.83 bits per heavy atom. The number of hydrogen-bond acceptors (Lipinski definition) is 5. The molecule has 0 bridgehead atoms. The smallest absolute Gasteiger partial charge is 0.341 e. The van der Waals surface area contributed by atoms with Gasteiger partial charge in [0.25, 0.3) is 0 Å². The van der Waals surface area contributed by atoms with Crippen molar-refractivity contribution in [2.45, 2.75) is 17.9 Å². The number of rotatable bonds is 4. The van der Waals surface area contributed by atoms with E-state index in [1.807, 2.05) is 48.5 Å². The first kappa shape index (κ1) is 14.8. The Balaban J connectivity index is 1.65. The molecule has 122 valence electrons. The number of esters is 1. The molecular weight excluding hydrogens is 306 g/mol. The number of benzene rings is 2. The van der Waals surface area contributed by atoms with Crippen molar-refractivity contribution in [3.05, 3.63) is 59.7 Å². The van der Waals surface area contributed by atoms with Gasteiger partial charge >= 0.3 is 5.97 Å². The van der Waals surface area contributed by atoms with E-state index < -0.39 is 5.54 Å². The fourth-order valence-corrected chi connectivity index (χ4v) is 3.19. The monoisotopic (exact) mass is 323 g/mol. The van der Waals surface area contributed by atoms with Crippen molar-refractivity contribution >= 4 is 11.9 Å². The summed E-state index contributed by atoms with van der Waals surface area (Å²) in [7, 11) is 3.20. The molecule has 0 radical (unpaired) electrons. The van der Waals surface area contributed by atoms with Gasteiger partial charge < -0.3 is 14.2 Å². The highest BCUT2D eigenvalue weighted by atomic mass is 16.6. The normalized spacial score (nSPS) is 24.5. The van der Waals surface area contributed by atoms with Gasteiger partial charge in [-0.15, -0.1) is 0 Å². The van der Waals surface area contributed by atoms with Crippen molar-refractivity contribution in [1.82, 2.24) is 0 Å². The van der Waals surface area contributed by atoms with Crippen molar-refractivity contribution in [2.75, 3.05) is 14.2 Å². The van der Waals surface area contributed by atoms with Gasteiger partial charge in [-0.2, -0.15) is 0 Å². The number of hydrogen-bond donors (Lipinski definition) is 0. The minimum Gasteiger partial charge on any atom is -0.493 e. The molecule has 1 heterocycles. The first-order chi connectivity index (χ1) is 11.7. The molecule has 1 saturated carbocycles. The molecule has 0 N–H and O–H groups in total. The third-order valence-corrected chi connectivity index (χ3v) is 4.61. The zero-order chi connectivity index (χ0) is 16.7. The van der Waals surface area contributed by atoms with Gasteiger partial charge in [0.15, 0.2) is 17.0 Å². The summed E-state index contributed by atoms with van der Waals surface area (Å²) in [4.78, 5) is 17.0. The standard InChI is InChI=1S/C19H17NO4/c1-22-15-9-8-13(10-16(15)23-2)14-11-19(14)18(21)24-17(20-19)12-6-4-3-5-7-12/h3-10,14H,11H2,1-2H3/t14-,19+/m1/s1. The van der Waals surface area contributed by atoms with Crippen molar-refractivity contribution < 1.29 is 19.0 Å². The summed E-state index contributed by atoms with van der Waals surface area (Å²) in [6.07, 6.45) is 0.650. The number of carbonyl (C=O) groups excluding carboxylic acids is 1. The Kier molecular flexibility index (Phi) is 3.30. The van der Waals surface area contributed by atoms with E-state index in [4.69, 9.17) is 14.2 Å². The number of carbonyl (C=O) groups is 1. The van der Waals surface area contributed by atoms with Crippen molar-refractivity contribution in [3.8, 4) is 11.5 Å². The van der Waals surface area contributed by atoms with Gasteiger partial charge in [-0.25, -0.2) is 9.79 Å². The van der Waals surface area contributed by atoms with Gasteiger partial charge in [-0.3, -0.25) is 0 Å². The molecule has 1 aliphatic carbocycles. The number of methoxy groups -OCH3 is 2. The van der Waals surface area contributed by atoms with Crippen molar-refractivity contribution in [3.63, 3.8) is 0 Å². The lowest BCUT2D eigenvalue weighted by Gasteiger charge is -2.10. The largest absolute Gasteiger partial charge is 0.493 e. The molecule has 0 amide bonds. The second-order valence-corrected chi connectivity index (χ2v) is 5.97. The molecule has 5 nitrogen and oxygen atoms in total. The van der Waals surface area contributed by atoms with Crippen LogP contribution in [0.3, 0.4) is 0 Å². The number of cyclic esters (lactones) is 1. The maximum absolute atomic E-state index is 12.4. The summed E-state index contributed by atoms with van der Waals surface area (Å²) in [5.41, 5.74) is 1.04. The van der Waals surface area contributed by atoms with Gasteiger partial charge in [0.05, 0.1) is 14.2 Å². The third-order valence-electron chi connectivity index (χ3n) is 4.61. The van der Waals surface area contributed by atoms with Crippen LogP contribution in [0.15, 0.2) is 53.5 Å². The van der Waals surface area contributed by atoms with E-state index in [-0.39, 0.29) is 11.9 Å². The molecule has 2 aromatic rings. The topological polar surface area (TPSA) is 57.1 Å². The zero-order valence-electron chi connectivity index (χ0n) is 13.5. The Morgan fingerprint density at radius 1 is 1.08 bits per heavy atom. The predicted octanol–water partition coefficient (Wildman–Crippen LogP) is 2.93. The molecule has 2 aliphatic rings. The highest BCUT2D eigenvalue weighted by Crippen LogP contribution is 2.58. The molecule has 1 aliphatic heterocycles. The highest BCUT2D eigenvalue weighted by molar-refractivity contribution is 6.10. The lowest BCUT2D eigenvalue weighted by atomic mass is 10.1. The Morgan fingerprint density at radius 3 is 2.54 bits per heavy atom. The molecule has 1 spiro atoms. The van der Waals surface area contributed by atoms with Crippen LogP contribution in [-0.2, 0) is 9.53 Å². The average Bonchev–Trinajstić information content (AvgIpc) is 3.27. The summed E-state index contributed by atoms with van der Waals surface area (Å²) in [5.74, 6) is 1.45. The molecule has 2 aromatic carbocycles. The zero-order valence-corrected chi connectivity index (χ0v) is 13.5. The number of aliphatic imine (C=N–C) groups is 1. The molecule has 4 rings (SSSR count). The first-order valence-corrected chi connectivity index (χ1v) is 7.77. The predicted molar refractivity (Wildman–Crippen MR) is 88.7 cm³/mol. The molecule has 1 fully saturated rings. The second kappa shape index (κ2) is 5.37. The number of ether oxygens (including phenoxy) is 3. The summed E-state index contributed by atoms with van der Waals surface area (Å²) in [5, 5.41) is 0. The van der Waals surface area contributed by atoms with Crippen LogP contribution in [0.2, 0.25) is 0 Å². The molecule has 5 heteroatoms. The Labute approximate surface area is 139 Å². The van der Waals surface area contributed by atoms with Crippen LogP contribution in [0.1, 0.15) is 23.5 Å². The van der Waals surface area contributed by atoms with E-state index in [2.05, 4.69) is 4.99 Å². The van der Waals surface area contributed by atoms with Gasteiger partial charge in [-0.1, -0.05) is 24.3 Å². The summed E-state index contributed by atoms with van der Waals surface area (Å²) < 4.78 is 16.0. The van der Waals surface area contributed by atoms with Gasteiger partial charge in [0.1, 0.15) is 0 Å². The Hall–Kier alpha value is -2.82. The Bertz CT molecular complexity index is 831. The molecule has 2 atom stereocenters. The van der Waals surface area contributed by atoms with Crippen molar-refractivity contribution in [1.29, 1.82) is 0 Å². The second-order valence-electron chi connectivity index (χ2n) is 5.97. The SMILES string of the molecule is COc1ccc([C@H]2C[C@]23N=C(c2ccccc2)OC3=O)cc1OC. The number of nitrogens with zero attached hydrogens (tertiary/aromatic N) is 1. The molecular formula is C19H17NO4. The minimum absolute atomic E-state index is 0.00557. The van der Waals surface area contributed by atoms with Gasteiger partial charge in [0.2, 0.25) is 5.90 Å². The summed E-state index contributed by atoms with van der Waals surface area (Å²) in [6, 6.07) is 15.2. The van der Waals surface area contributed by atoms with E-state index in [1.54, 1.807) is 14.2 Å².